The Hall–Kier alpha value is -2.97. The lowest BCUT2D eigenvalue weighted by atomic mass is 10.0. The van der Waals surface area contributed by atoms with Gasteiger partial charge >= 0.3 is 12.0 Å². The maximum atomic E-state index is 12.7. The molecular weight excluding hydrogens is 448 g/mol. The average Bonchev–Trinajstić information content (AvgIpc) is 2.83. The Kier molecular flexibility index (Phi) is 6.72. The SMILES string of the molecule is COC(=O)c1cccc(N(S)C(=O)NC2CCN(c3ccnc4c(Cl)cccc34)CC2)c1. The summed E-state index contributed by atoms with van der Waals surface area (Å²) in [5.74, 6) is -0.466. The van der Waals surface area contributed by atoms with Gasteiger partial charge in [-0.05, 0) is 43.2 Å². The third kappa shape index (κ3) is 4.61. The number of carbonyl (C=O) groups is 2. The van der Waals surface area contributed by atoms with Gasteiger partial charge in [0, 0.05) is 36.4 Å². The van der Waals surface area contributed by atoms with E-state index < -0.39 is 5.97 Å². The van der Waals surface area contributed by atoms with E-state index in [1.165, 1.54) is 11.4 Å². The summed E-state index contributed by atoms with van der Waals surface area (Å²) in [4.78, 5) is 31.1. The Labute approximate surface area is 196 Å². The van der Waals surface area contributed by atoms with E-state index in [4.69, 9.17) is 16.3 Å². The number of para-hydroxylation sites is 1. The van der Waals surface area contributed by atoms with Crippen LogP contribution in [0.25, 0.3) is 10.9 Å². The number of fused-ring (bicyclic) bond motifs is 1. The molecule has 0 bridgehead atoms. The number of aromatic nitrogens is 1. The van der Waals surface area contributed by atoms with Crippen molar-refractivity contribution in [3.05, 3.63) is 65.3 Å². The fourth-order valence-corrected chi connectivity index (χ4v) is 4.31. The second kappa shape index (κ2) is 9.67. The maximum absolute atomic E-state index is 12.7. The number of urea groups is 1. The summed E-state index contributed by atoms with van der Waals surface area (Å²) >= 11 is 10.6. The quantitative estimate of drug-likeness (QED) is 0.427. The summed E-state index contributed by atoms with van der Waals surface area (Å²) in [7, 11) is 1.32. The molecule has 166 valence electrons. The number of halogens is 1. The van der Waals surface area contributed by atoms with Gasteiger partial charge in [-0.2, -0.15) is 0 Å². The second-order valence-corrected chi connectivity index (χ2v) is 8.34. The number of nitrogens with zero attached hydrogens (tertiary/aromatic N) is 3. The summed E-state index contributed by atoms with van der Waals surface area (Å²) in [6.45, 7) is 1.59. The van der Waals surface area contributed by atoms with Gasteiger partial charge in [0.25, 0.3) is 0 Å². The smallest absolute Gasteiger partial charge is 0.337 e. The zero-order valence-corrected chi connectivity index (χ0v) is 19.1. The van der Waals surface area contributed by atoms with E-state index in [2.05, 4.69) is 28.0 Å². The molecule has 2 amide bonds. The number of anilines is 2. The third-order valence-corrected chi connectivity index (χ3v) is 6.28. The number of benzene rings is 2. The molecule has 0 radical (unpaired) electrons. The van der Waals surface area contributed by atoms with Crippen molar-refractivity contribution in [3.8, 4) is 0 Å². The zero-order chi connectivity index (χ0) is 22.7. The van der Waals surface area contributed by atoms with Gasteiger partial charge in [-0.15, -0.1) is 0 Å². The molecule has 0 spiro atoms. The van der Waals surface area contributed by atoms with E-state index in [0.717, 1.165) is 42.5 Å². The van der Waals surface area contributed by atoms with Crippen molar-refractivity contribution in [2.24, 2.45) is 0 Å². The van der Waals surface area contributed by atoms with Crippen LogP contribution in [-0.4, -0.2) is 43.2 Å². The Morgan fingerprint density at radius 2 is 1.94 bits per heavy atom. The minimum atomic E-state index is -0.466. The number of methoxy groups -OCH3 is 1. The highest BCUT2D eigenvalue weighted by Gasteiger charge is 2.24. The predicted octanol–water partition coefficient (Wildman–Crippen LogP) is 4.70. The zero-order valence-electron chi connectivity index (χ0n) is 17.5. The number of hydrogen-bond donors (Lipinski definition) is 2. The molecule has 32 heavy (non-hydrogen) atoms. The molecule has 9 heteroatoms. The lowest BCUT2D eigenvalue weighted by molar-refractivity contribution is 0.0600. The Balaban J connectivity index is 1.39. The molecule has 1 fully saturated rings. The first kappa shape index (κ1) is 22.2. The molecule has 0 aliphatic carbocycles. The number of hydrogen-bond acceptors (Lipinski definition) is 6. The number of pyridine rings is 1. The van der Waals surface area contributed by atoms with Crippen LogP contribution in [0.2, 0.25) is 5.02 Å². The van der Waals surface area contributed by atoms with E-state index in [0.29, 0.717) is 16.3 Å². The number of piperidine rings is 1. The van der Waals surface area contributed by atoms with Gasteiger partial charge in [-0.1, -0.05) is 42.6 Å². The largest absolute Gasteiger partial charge is 0.465 e. The van der Waals surface area contributed by atoms with Crippen LogP contribution in [-0.2, 0) is 4.74 Å². The molecule has 0 saturated carbocycles. The molecular formula is C23H23ClN4O3S. The molecule has 1 saturated heterocycles. The summed E-state index contributed by atoms with van der Waals surface area (Å²) < 4.78 is 5.94. The van der Waals surface area contributed by atoms with Crippen molar-refractivity contribution < 1.29 is 14.3 Å². The number of carbonyl (C=O) groups excluding carboxylic acids is 2. The Morgan fingerprint density at radius 3 is 2.69 bits per heavy atom. The first-order chi connectivity index (χ1) is 15.5. The van der Waals surface area contributed by atoms with Crippen molar-refractivity contribution in [2.75, 3.05) is 29.4 Å². The molecule has 4 rings (SSSR count). The van der Waals surface area contributed by atoms with Crippen LogP contribution in [0.4, 0.5) is 16.2 Å². The summed E-state index contributed by atoms with van der Waals surface area (Å²) in [5, 5.41) is 4.69. The lowest BCUT2D eigenvalue weighted by Crippen LogP contribution is -2.47. The Morgan fingerprint density at radius 1 is 1.19 bits per heavy atom. The highest BCUT2D eigenvalue weighted by molar-refractivity contribution is 7.82. The second-order valence-electron chi connectivity index (χ2n) is 7.53. The number of rotatable bonds is 4. The van der Waals surface area contributed by atoms with Crippen molar-refractivity contribution in [3.63, 3.8) is 0 Å². The van der Waals surface area contributed by atoms with E-state index in [1.807, 2.05) is 24.3 Å². The molecule has 0 atom stereocenters. The first-order valence-corrected chi connectivity index (χ1v) is 11.0. The van der Waals surface area contributed by atoms with Crippen molar-refractivity contribution in [1.29, 1.82) is 0 Å². The van der Waals surface area contributed by atoms with Crippen LogP contribution in [0.5, 0.6) is 0 Å². The molecule has 1 aromatic heterocycles. The predicted molar refractivity (Wildman–Crippen MR) is 130 cm³/mol. The molecule has 1 aliphatic heterocycles. The number of nitrogens with one attached hydrogen (secondary N) is 1. The Bertz CT molecular complexity index is 1150. The highest BCUT2D eigenvalue weighted by Crippen LogP contribution is 2.31. The number of ether oxygens (including phenoxy) is 1. The van der Waals surface area contributed by atoms with Crippen LogP contribution in [0.15, 0.2) is 54.7 Å². The molecule has 1 N–H and O–H groups in total. The van der Waals surface area contributed by atoms with Crippen LogP contribution in [0.3, 0.4) is 0 Å². The average molecular weight is 471 g/mol. The van der Waals surface area contributed by atoms with Gasteiger partial charge in [0.15, 0.2) is 0 Å². The highest BCUT2D eigenvalue weighted by atomic mass is 35.5. The van der Waals surface area contributed by atoms with E-state index in [1.54, 1.807) is 30.5 Å². The summed E-state index contributed by atoms with van der Waals surface area (Å²) in [6, 6.07) is 14.1. The minimum Gasteiger partial charge on any atom is -0.465 e. The maximum Gasteiger partial charge on any atom is 0.337 e. The molecule has 3 aromatic rings. The normalized spacial score (nSPS) is 14.3. The summed E-state index contributed by atoms with van der Waals surface area (Å²) in [5.41, 5.74) is 2.74. The first-order valence-electron chi connectivity index (χ1n) is 10.2. The van der Waals surface area contributed by atoms with Gasteiger partial charge in [0.05, 0.1) is 28.9 Å². The van der Waals surface area contributed by atoms with Crippen LogP contribution < -0.4 is 14.5 Å². The molecule has 1 aliphatic rings. The van der Waals surface area contributed by atoms with Crippen molar-refractivity contribution >= 4 is 58.7 Å². The molecule has 2 aromatic carbocycles. The lowest BCUT2D eigenvalue weighted by Gasteiger charge is -2.35. The fourth-order valence-electron chi connectivity index (χ4n) is 3.90. The van der Waals surface area contributed by atoms with Crippen LogP contribution in [0.1, 0.15) is 23.2 Å². The number of esters is 1. The number of amides is 2. The monoisotopic (exact) mass is 470 g/mol. The van der Waals surface area contributed by atoms with Crippen LogP contribution in [0, 0.1) is 0 Å². The van der Waals surface area contributed by atoms with Gasteiger partial charge in [-0.25, -0.2) is 13.9 Å². The molecule has 7 nitrogen and oxygen atoms in total. The third-order valence-electron chi connectivity index (χ3n) is 5.57. The summed E-state index contributed by atoms with van der Waals surface area (Å²) in [6.07, 6.45) is 3.36. The van der Waals surface area contributed by atoms with Crippen molar-refractivity contribution in [2.45, 2.75) is 18.9 Å². The van der Waals surface area contributed by atoms with Gasteiger partial charge < -0.3 is 15.0 Å². The standard InChI is InChI=1S/C23H23ClN4O3S/c1-31-22(29)15-4-2-5-17(14-15)28(32)23(30)26-16-9-12-27(13-10-16)20-8-11-25-21-18(20)6-3-7-19(21)24/h2-8,11,14,16,32H,9-10,12-13H2,1H3,(H,26,30). The van der Waals surface area contributed by atoms with Gasteiger partial charge in [-0.3, -0.25) is 4.98 Å². The van der Waals surface area contributed by atoms with Gasteiger partial charge in [0.1, 0.15) is 0 Å². The fraction of sp³-hybridized carbons (Fsp3) is 0.261. The van der Waals surface area contributed by atoms with Crippen LogP contribution >= 0.6 is 24.4 Å². The van der Waals surface area contributed by atoms with Crippen molar-refractivity contribution in [1.82, 2.24) is 10.3 Å². The van der Waals surface area contributed by atoms with Gasteiger partial charge in [0.2, 0.25) is 0 Å². The van der Waals surface area contributed by atoms with E-state index in [9.17, 15) is 9.59 Å². The topological polar surface area (TPSA) is 74.8 Å². The van der Waals surface area contributed by atoms with E-state index in [-0.39, 0.29) is 12.1 Å². The molecule has 0 unspecified atom stereocenters. The minimum absolute atomic E-state index is 0.0221. The number of thiol groups is 1. The van der Waals surface area contributed by atoms with E-state index >= 15 is 0 Å². The molecule has 2 heterocycles.